The highest BCUT2D eigenvalue weighted by molar-refractivity contribution is 5.88. The first-order valence-corrected chi connectivity index (χ1v) is 13.7. The Morgan fingerprint density at radius 1 is 1.11 bits per heavy atom. The van der Waals surface area contributed by atoms with Crippen LogP contribution >= 0.6 is 0 Å². The number of hydrogen-bond acceptors (Lipinski definition) is 9. The van der Waals surface area contributed by atoms with Crippen molar-refractivity contribution in [2.24, 2.45) is 11.3 Å². The second-order valence-electron chi connectivity index (χ2n) is 11.8. The van der Waals surface area contributed by atoms with Gasteiger partial charge in [-0.05, 0) is 57.9 Å². The number of carbonyl (C=O) groups excluding carboxylic acids is 3. The van der Waals surface area contributed by atoms with E-state index in [2.05, 4.69) is 13.0 Å². The molecule has 0 radical (unpaired) electrons. The first kappa shape index (κ1) is 25.9. The van der Waals surface area contributed by atoms with E-state index in [4.69, 9.17) is 23.7 Å². The summed E-state index contributed by atoms with van der Waals surface area (Å²) in [5.74, 6) is -1.49. The fraction of sp³-hybridized carbons (Fsp3) is 0.690. The van der Waals surface area contributed by atoms with Gasteiger partial charge in [0.15, 0.2) is 11.4 Å². The van der Waals surface area contributed by atoms with Gasteiger partial charge in [0.25, 0.3) is 0 Å². The zero-order chi connectivity index (χ0) is 26.7. The number of ketones is 1. The van der Waals surface area contributed by atoms with Crippen LogP contribution in [0.25, 0.3) is 0 Å². The molecule has 6 rings (SSSR count). The van der Waals surface area contributed by atoms with Crippen molar-refractivity contribution >= 4 is 17.7 Å². The number of epoxide rings is 1. The predicted molar refractivity (Wildman–Crippen MR) is 133 cm³/mol. The number of esters is 2. The highest BCUT2D eigenvalue weighted by Crippen LogP contribution is 2.65. The van der Waals surface area contributed by atoms with Gasteiger partial charge in [-0.1, -0.05) is 17.7 Å². The third-order valence-electron chi connectivity index (χ3n) is 9.65. The van der Waals surface area contributed by atoms with Crippen molar-refractivity contribution in [3.05, 3.63) is 35.5 Å². The molecule has 9 heteroatoms. The van der Waals surface area contributed by atoms with E-state index in [9.17, 15) is 19.5 Å². The molecule has 3 saturated heterocycles. The molecular weight excluding hydrogens is 492 g/mol. The first-order chi connectivity index (χ1) is 18.2. The number of allylic oxidation sites excluding steroid dienone is 2. The van der Waals surface area contributed by atoms with E-state index in [0.717, 1.165) is 6.42 Å². The van der Waals surface area contributed by atoms with Gasteiger partial charge in [0.2, 0.25) is 0 Å². The van der Waals surface area contributed by atoms with E-state index in [-0.39, 0.29) is 43.5 Å². The lowest BCUT2D eigenvalue weighted by molar-refractivity contribution is -0.194. The lowest BCUT2D eigenvalue weighted by atomic mass is 9.60. The van der Waals surface area contributed by atoms with Crippen molar-refractivity contribution in [1.82, 2.24) is 0 Å². The smallest absolute Gasteiger partial charge is 0.330 e. The number of cyclic esters (lactones) is 1. The molecule has 1 unspecified atom stereocenters. The molecule has 4 bridgehead atoms. The monoisotopic (exact) mass is 528 g/mol. The molecule has 0 aromatic heterocycles. The summed E-state index contributed by atoms with van der Waals surface area (Å²) >= 11 is 0. The highest BCUT2D eigenvalue weighted by atomic mass is 16.6. The molecule has 6 aliphatic rings. The van der Waals surface area contributed by atoms with Crippen molar-refractivity contribution in [3.63, 3.8) is 0 Å². The molecular formula is C29H36O9. The lowest BCUT2D eigenvalue weighted by Crippen LogP contribution is -2.60. The predicted octanol–water partition coefficient (Wildman–Crippen LogP) is 2.50. The van der Waals surface area contributed by atoms with Gasteiger partial charge in [-0.15, -0.1) is 0 Å². The van der Waals surface area contributed by atoms with Gasteiger partial charge in [0.05, 0.1) is 25.4 Å². The Morgan fingerprint density at radius 3 is 2.68 bits per heavy atom. The second kappa shape index (κ2) is 9.40. The summed E-state index contributed by atoms with van der Waals surface area (Å²) in [7, 11) is 0. The van der Waals surface area contributed by atoms with E-state index < -0.39 is 40.8 Å². The van der Waals surface area contributed by atoms with Crippen LogP contribution in [0.1, 0.15) is 58.8 Å². The molecule has 8 atom stereocenters. The van der Waals surface area contributed by atoms with Crippen LogP contribution in [-0.4, -0.2) is 78.3 Å². The maximum Gasteiger partial charge on any atom is 0.330 e. The fourth-order valence-corrected chi connectivity index (χ4v) is 7.61. The zero-order valence-electron chi connectivity index (χ0n) is 22.0. The summed E-state index contributed by atoms with van der Waals surface area (Å²) in [5.41, 5.74) is -0.926. The molecule has 4 aliphatic heterocycles. The van der Waals surface area contributed by atoms with Crippen molar-refractivity contribution < 1.29 is 43.2 Å². The van der Waals surface area contributed by atoms with E-state index in [1.165, 1.54) is 24.6 Å². The number of Topliss-reactive ketones (excluding diaryl/α,β-unsaturated/α-hetero) is 1. The summed E-state index contributed by atoms with van der Waals surface area (Å²) < 4.78 is 30.4. The molecule has 1 N–H and O–H groups in total. The summed E-state index contributed by atoms with van der Waals surface area (Å²) in [5, 5.41) is 11.2. The third kappa shape index (κ3) is 4.01. The van der Waals surface area contributed by atoms with Crippen LogP contribution in [0.5, 0.6) is 0 Å². The average molecular weight is 529 g/mol. The molecule has 38 heavy (non-hydrogen) atoms. The number of hydrogen-bond donors (Lipinski definition) is 1. The normalized spacial score (nSPS) is 47.0. The average Bonchev–Trinajstić information content (AvgIpc) is 3.61. The minimum Gasteiger partial charge on any atom is -0.462 e. The van der Waals surface area contributed by atoms with E-state index in [1.807, 2.05) is 0 Å². The van der Waals surface area contributed by atoms with E-state index >= 15 is 0 Å². The van der Waals surface area contributed by atoms with Crippen LogP contribution in [-0.2, 0) is 38.1 Å². The molecule has 1 saturated carbocycles. The molecule has 4 heterocycles. The van der Waals surface area contributed by atoms with Gasteiger partial charge in [0.1, 0.15) is 24.4 Å². The minimum atomic E-state index is -1.43. The molecule has 0 aromatic carbocycles. The van der Waals surface area contributed by atoms with Gasteiger partial charge in [-0.2, -0.15) is 0 Å². The summed E-state index contributed by atoms with van der Waals surface area (Å²) in [6.45, 7) is 4.28. The van der Waals surface area contributed by atoms with Crippen molar-refractivity contribution in [1.29, 1.82) is 0 Å². The van der Waals surface area contributed by atoms with Crippen LogP contribution in [0.15, 0.2) is 35.5 Å². The summed E-state index contributed by atoms with van der Waals surface area (Å²) in [4.78, 5) is 38.7. The number of ether oxygens (including phenoxy) is 5. The minimum absolute atomic E-state index is 0.0703. The van der Waals surface area contributed by atoms with Gasteiger partial charge >= 0.3 is 11.9 Å². The number of aliphatic hydroxyl groups is 1. The van der Waals surface area contributed by atoms with Crippen LogP contribution < -0.4 is 0 Å². The largest absolute Gasteiger partial charge is 0.462 e. The fourth-order valence-electron chi connectivity index (χ4n) is 7.61. The quantitative estimate of drug-likeness (QED) is 0.311. The molecule has 4 fully saturated rings. The Kier molecular flexibility index (Phi) is 6.41. The first-order valence-electron chi connectivity index (χ1n) is 13.7. The van der Waals surface area contributed by atoms with Crippen molar-refractivity contribution in [2.75, 3.05) is 19.8 Å². The van der Waals surface area contributed by atoms with Gasteiger partial charge in [-0.25, -0.2) is 9.59 Å². The molecule has 0 amide bonds. The SMILES string of the molecule is CC(=O)[C@@]12CCC/C=C\C(=O)O[C@@H]3C[C@H]4O[C@@H]5C=C(C)CC[C@]5(COC(=O)/C=C(\CCO1)[C@H]2O)C3[C@]41CO1. The Hall–Kier alpha value is -2.33. The third-order valence-corrected chi connectivity index (χ3v) is 9.65. The maximum atomic E-state index is 13.2. The number of aliphatic hydroxyl groups excluding tert-OH is 1. The summed E-state index contributed by atoms with van der Waals surface area (Å²) in [6.07, 6.45) is 8.12. The van der Waals surface area contributed by atoms with Gasteiger partial charge in [-0.3, -0.25) is 4.79 Å². The molecule has 2 spiro atoms. The van der Waals surface area contributed by atoms with Crippen molar-refractivity contribution in [2.45, 2.75) is 94.4 Å². The topological polar surface area (TPSA) is 121 Å². The Balaban J connectivity index is 1.37. The Morgan fingerprint density at radius 2 is 1.92 bits per heavy atom. The van der Waals surface area contributed by atoms with E-state index in [1.54, 1.807) is 6.08 Å². The van der Waals surface area contributed by atoms with Crippen LogP contribution in [0.4, 0.5) is 0 Å². The maximum absolute atomic E-state index is 13.2. The summed E-state index contributed by atoms with van der Waals surface area (Å²) in [6, 6.07) is 0. The van der Waals surface area contributed by atoms with E-state index in [0.29, 0.717) is 44.3 Å². The highest BCUT2D eigenvalue weighted by Gasteiger charge is 2.76. The molecule has 206 valence electrons. The Bertz CT molecular complexity index is 1120. The number of fused-ring (bicyclic) bond motifs is 2. The van der Waals surface area contributed by atoms with Gasteiger partial charge in [0, 0.05) is 29.9 Å². The second-order valence-corrected chi connectivity index (χ2v) is 11.8. The van der Waals surface area contributed by atoms with Gasteiger partial charge < -0.3 is 28.8 Å². The van der Waals surface area contributed by atoms with Crippen LogP contribution in [0.2, 0.25) is 0 Å². The molecule has 0 aromatic rings. The van der Waals surface area contributed by atoms with Crippen molar-refractivity contribution in [3.8, 4) is 0 Å². The lowest BCUT2D eigenvalue weighted by Gasteiger charge is -2.52. The van der Waals surface area contributed by atoms with Crippen LogP contribution in [0.3, 0.4) is 0 Å². The Labute approximate surface area is 222 Å². The number of rotatable bonds is 1. The standard InChI is InChI=1S/C29H36O9/c1-17-7-10-27-15-34-24(32)13-19-8-11-35-28(18(2)30,26(19)33)9-5-3-4-6-23(31)37-20-14-22(38-21(27)12-17)29(16-36-29)25(20)27/h4,6,12-13,20-22,25-26,33H,3,5,7-11,14-16H2,1-2H3/b6-4-,19-13+/t20-,21-,22-,25?,26-,27-,28-,29+/m1/s1. The molecule has 9 nitrogen and oxygen atoms in total. The zero-order valence-corrected chi connectivity index (χ0v) is 22.0. The van der Waals surface area contributed by atoms with Crippen LogP contribution in [0, 0.1) is 11.3 Å². The molecule has 2 aliphatic carbocycles. The number of carbonyl (C=O) groups is 3.